The molecule has 3 aromatic carbocycles. The van der Waals surface area contributed by atoms with E-state index in [1.54, 1.807) is 60.5 Å². The van der Waals surface area contributed by atoms with Gasteiger partial charge in [-0.05, 0) is 67.9 Å². The van der Waals surface area contributed by atoms with Crippen molar-refractivity contribution in [1.82, 2.24) is 19.4 Å². The Morgan fingerprint density at radius 3 is 2.27 bits per heavy atom. The summed E-state index contributed by atoms with van der Waals surface area (Å²) in [5.74, 6) is 0.748. The zero-order chi connectivity index (χ0) is 34.4. The highest BCUT2D eigenvalue weighted by atomic mass is 19.4. The summed E-state index contributed by atoms with van der Waals surface area (Å²) >= 11 is 0. The van der Waals surface area contributed by atoms with E-state index in [9.17, 15) is 22.4 Å². The lowest BCUT2D eigenvalue weighted by Gasteiger charge is -2.28. The number of para-hydroxylation sites is 2. The molecule has 0 radical (unpaired) electrons. The summed E-state index contributed by atoms with van der Waals surface area (Å²) in [6.45, 7) is 2.42. The molecule has 1 fully saturated rings. The fraction of sp³-hybridized carbons (Fsp3) is 0.429. The summed E-state index contributed by atoms with van der Waals surface area (Å²) in [6.07, 6.45) is -2.97. The number of fused-ring (bicyclic) bond motifs is 1. The lowest BCUT2D eigenvalue weighted by Crippen LogP contribution is -2.35. The number of benzene rings is 3. The number of imidazole rings is 1. The van der Waals surface area contributed by atoms with E-state index in [0.717, 1.165) is 18.5 Å². The Kier molecular flexibility index (Phi) is 11.0. The second-order valence-electron chi connectivity index (χ2n) is 11.9. The van der Waals surface area contributed by atoms with Crippen molar-refractivity contribution in [3.05, 3.63) is 77.6 Å². The van der Waals surface area contributed by atoms with Crippen LogP contribution >= 0.6 is 0 Å². The number of ether oxygens (including phenoxy) is 3. The van der Waals surface area contributed by atoms with Gasteiger partial charge in [-0.15, -0.1) is 0 Å². The number of halogens is 4. The minimum absolute atomic E-state index is 0.114. The Morgan fingerprint density at radius 2 is 1.62 bits per heavy atom. The predicted molar refractivity (Wildman–Crippen MR) is 176 cm³/mol. The highest BCUT2D eigenvalue weighted by Gasteiger charge is 2.32. The number of hydrogen-bond acceptors (Lipinski definition) is 7. The number of aromatic nitrogens is 2. The minimum Gasteiger partial charge on any atom is -0.493 e. The van der Waals surface area contributed by atoms with Crippen molar-refractivity contribution < 1.29 is 36.6 Å². The molecule has 1 atom stereocenters. The van der Waals surface area contributed by atoms with Gasteiger partial charge in [-0.3, -0.25) is 4.79 Å². The molecule has 48 heavy (non-hydrogen) atoms. The van der Waals surface area contributed by atoms with Gasteiger partial charge in [0.1, 0.15) is 12.4 Å². The van der Waals surface area contributed by atoms with E-state index in [4.69, 9.17) is 14.2 Å². The topological polar surface area (TPSA) is 72.3 Å². The molecule has 0 spiro atoms. The maximum atomic E-state index is 13.9. The number of rotatable bonds is 12. The van der Waals surface area contributed by atoms with Gasteiger partial charge in [-0.1, -0.05) is 24.3 Å². The molecule has 0 aliphatic carbocycles. The van der Waals surface area contributed by atoms with Gasteiger partial charge < -0.3 is 33.5 Å². The van der Waals surface area contributed by atoms with Crippen LogP contribution in [0.2, 0.25) is 0 Å². The number of methoxy groups -OCH3 is 3. The Labute approximate surface area is 277 Å². The summed E-state index contributed by atoms with van der Waals surface area (Å²) in [5, 5.41) is 0. The van der Waals surface area contributed by atoms with E-state index >= 15 is 0 Å². The zero-order valence-corrected chi connectivity index (χ0v) is 27.6. The number of nitrogens with zero attached hydrogens (tertiary/aromatic N) is 5. The lowest BCUT2D eigenvalue weighted by molar-refractivity contribution is -0.139. The number of alkyl halides is 3. The molecule has 1 amide bonds. The van der Waals surface area contributed by atoms with Crippen LogP contribution in [0.3, 0.4) is 0 Å². The van der Waals surface area contributed by atoms with Crippen LogP contribution in [0, 0.1) is 5.82 Å². The van der Waals surface area contributed by atoms with Gasteiger partial charge in [0.2, 0.25) is 11.7 Å². The summed E-state index contributed by atoms with van der Waals surface area (Å²) in [4.78, 5) is 24.1. The monoisotopic (exact) mass is 671 g/mol. The normalized spacial score (nSPS) is 14.9. The molecule has 9 nitrogen and oxygen atoms in total. The molecule has 258 valence electrons. The largest absolute Gasteiger partial charge is 0.493 e. The molecular weight excluding hydrogens is 630 g/mol. The molecule has 5 rings (SSSR count). The summed E-state index contributed by atoms with van der Waals surface area (Å²) in [6, 6.07) is 16.4. The first-order valence-electron chi connectivity index (χ1n) is 15.8. The van der Waals surface area contributed by atoms with Gasteiger partial charge in [0.25, 0.3) is 5.91 Å². The summed E-state index contributed by atoms with van der Waals surface area (Å²) in [5.41, 5.74) is 2.26. The molecule has 2 heterocycles. The number of carbonyl (C=O) groups is 1. The van der Waals surface area contributed by atoms with E-state index in [0.29, 0.717) is 78.9 Å². The number of likely N-dealkylation sites (N-methyl/N-ethyl adjacent to an activating group) is 1. The first-order chi connectivity index (χ1) is 23.0. The van der Waals surface area contributed by atoms with Crippen molar-refractivity contribution in [1.29, 1.82) is 0 Å². The molecular formula is C35H41F4N5O4. The van der Waals surface area contributed by atoms with E-state index in [1.807, 2.05) is 4.90 Å². The second kappa shape index (κ2) is 15.1. The number of carbonyl (C=O) groups excluding carboxylic acids is 1. The van der Waals surface area contributed by atoms with Gasteiger partial charge in [0.15, 0.2) is 11.5 Å². The number of anilines is 1. The van der Waals surface area contributed by atoms with Crippen LogP contribution in [0.1, 0.15) is 34.7 Å². The van der Waals surface area contributed by atoms with Crippen molar-refractivity contribution in [3.63, 3.8) is 0 Å². The molecule has 1 unspecified atom stereocenters. The van der Waals surface area contributed by atoms with E-state index in [-0.39, 0.29) is 17.6 Å². The van der Waals surface area contributed by atoms with Crippen molar-refractivity contribution in [2.75, 3.05) is 72.5 Å². The average molecular weight is 672 g/mol. The predicted octanol–water partition coefficient (Wildman–Crippen LogP) is 6.22. The molecule has 0 saturated carbocycles. The van der Waals surface area contributed by atoms with Gasteiger partial charge in [-0.2, -0.15) is 13.2 Å². The summed E-state index contributed by atoms with van der Waals surface area (Å²) < 4.78 is 72.1. The minimum atomic E-state index is -4.38. The SMILES string of the molecule is COc1cc(C(=O)N(C)CC(CCN2CCCN(c3nc4ccccc4n3CC(F)(F)F)CC2)c2ccc(F)cc2)cc(OC)c1OC. The van der Waals surface area contributed by atoms with Crippen LogP contribution in [-0.2, 0) is 6.54 Å². The molecule has 4 aromatic rings. The van der Waals surface area contributed by atoms with E-state index in [1.165, 1.54) is 38.0 Å². The molecule has 0 bridgehead atoms. The molecule has 1 aliphatic heterocycles. The van der Waals surface area contributed by atoms with Gasteiger partial charge in [0, 0.05) is 44.7 Å². The Bertz CT molecular complexity index is 1670. The Morgan fingerprint density at radius 1 is 0.938 bits per heavy atom. The third kappa shape index (κ3) is 8.12. The Hall–Kier alpha value is -4.52. The van der Waals surface area contributed by atoms with Crippen LogP contribution in [0.15, 0.2) is 60.7 Å². The average Bonchev–Trinajstić information content (AvgIpc) is 3.25. The maximum Gasteiger partial charge on any atom is 0.406 e. The van der Waals surface area contributed by atoms with Gasteiger partial charge >= 0.3 is 6.18 Å². The first kappa shape index (κ1) is 34.8. The fourth-order valence-corrected chi connectivity index (χ4v) is 6.31. The van der Waals surface area contributed by atoms with Crippen molar-refractivity contribution >= 4 is 22.9 Å². The van der Waals surface area contributed by atoms with Crippen molar-refractivity contribution in [2.24, 2.45) is 0 Å². The lowest BCUT2D eigenvalue weighted by atomic mass is 9.94. The van der Waals surface area contributed by atoms with Crippen LogP contribution in [0.4, 0.5) is 23.5 Å². The van der Waals surface area contributed by atoms with Gasteiger partial charge in [-0.25, -0.2) is 9.37 Å². The van der Waals surface area contributed by atoms with E-state index in [2.05, 4.69) is 9.88 Å². The Balaban J connectivity index is 1.29. The van der Waals surface area contributed by atoms with Gasteiger partial charge in [0.05, 0.1) is 32.4 Å². The zero-order valence-electron chi connectivity index (χ0n) is 27.6. The first-order valence-corrected chi connectivity index (χ1v) is 15.8. The third-order valence-electron chi connectivity index (χ3n) is 8.73. The fourth-order valence-electron chi connectivity index (χ4n) is 6.31. The van der Waals surface area contributed by atoms with Crippen molar-refractivity contribution in [3.8, 4) is 17.2 Å². The maximum absolute atomic E-state index is 13.9. The summed E-state index contributed by atoms with van der Waals surface area (Å²) in [7, 11) is 6.19. The highest BCUT2D eigenvalue weighted by Crippen LogP contribution is 2.38. The standard InChI is InChI=1S/C35H41F4N5O4/c1-41(33(45)26-20-30(46-2)32(48-4)31(21-26)47-3)22-25(24-10-12-27(36)13-11-24)14-17-42-15-7-16-43(19-18-42)34-40-28-8-5-6-9-29(28)44(34)23-35(37,38)39/h5-6,8-13,20-21,25H,7,14-19,22-23H2,1-4H3. The molecule has 1 saturated heterocycles. The van der Waals surface area contributed by atoms with Crippen LogP contribution in [0.5, 0.6) is 17.2 Å². The third-order valence-corrected chi connectivity index (χ3v) is 8.73. The van der Waals surface area contributed by atoms with Crippen LogP contribution in [0.25, 0.3) is 11.0 Å². The van der Waals surface area contributed by atoms with Crippen LogP contribution < -0.4 is 19.1 Å². The second-order valence-corrected chi connectivity index (χ2v) is 11.9. The molecule has 1 aromatic heterocycles. The quantitative estimate of drug-likeness (QED) is 0.166. The number of hydrogen-bond donors (Lipinski definition) is 0. The highest BCUT2D eigenvalue weighted by molar-refractivity contribution is 5.95. The molecule has 13 heteroatoms. The smallest absolute Gasteiger partial charge is 0.406 e. The number of amides is 1. The van der Waals surface area contributed by atoms with Crippen molar-refractivity contribution in [2.45, 2.75) is 31.5 Å². The van der Waals surface area contributed by atoms with E-state index < -0.39 is 12.7 Å². The van der Waals surface area contributed by atoms with Crippen LogP contribution in [-0.4, -0.2) is 99.1 Å². The molecule has 0 N–H and O–H groups in total. The molecule has 1 aliphatic rings.